The highest BCUT2D eigenvalue weighted by molar-refractivity contribution is 6.79. The highest BCUT2D eigenvalue weighted by Crippen LogP contribution is 2.27. The molecular formula is C11H24OSi. The summed E-state index contributed by atoms with van der Waals surface area (Å²) in [5.74, 6) is 0. The second-order valence-corrected chi connectivity index (χ2v) is 10.2. The lowest BCUT2D eigenvalue weighted by Gasteiger charge is -2.36. The fourth-order valence-corrected chi connectivity index (χ4v) is 2.97. The van der Waals surface area contributed by atoms with Gasteiger partial charge < -0.3 is 5.11 Å². The fourth-order valence-electron chi connectivity index (χ4n) is 1.43. The maximum Gasteiger partial charge on any atom is 0.0869 e. The van der Waals surface area contributed by atoms with E-state index in [1.165, 1.54) is 12.8 Å². The Labute approximate surface area is 83.9 Å². The molecule has 0 saturated heterocycles. The van der Waals surface area contributed by atoms with Crippen LogP contribution in [0.1, 0.15) is 32.6 Å². The van der Waals surface area contributed by atoms with Crippen molar-refractivity contribution in [3.05, 3.63) is 12.7 Å². The minimum Gasteiger partial charge on any atom is -0.389 e. The second-order valence-electron chi connectivity index (χ2n) is 4.84. The Bertz CT molecular complexity index is 160. The summed E-state index contributed by atoms with van der Waals surface area (Å²) < 4.78 is 0. The van der Waals surface area contributed by atoms with Gasteiger partial charge in [-0.2, -0.15) is 0 Å². The smallest absolute Gasteiger partial charge is 0.0869 e. The third-order valence-corrected chi connectivity index (χ3v) is 5.85. The number of hydrogen-bond acceptors (Lipinski definition) is 1. The highest BCUT2D eigenvalue weighted by Gasteiger charge is 2.37. The van der Waals surface area contributed by atoms with Crippen LogP contribution in [0.5, 0.6) is 0 Å². The van der Waals surface area contributed by atoms with Crippen LogP contribution in [0.2, 0.25) is 19.6 Å². The molecule has 0 amide bonds. The van der Waals surface area contributed by atoms with E-state index in [0.29, 0.717) is 0 Å². The van der Waals surface area contributed by atoms with E-state index in [1.54, 1.807) is 6.08 Å². The van der Waals surface area contributed by atoms with E-state index in [2.05, 4.69) is 33.1 Å². The summed E-state index contributed by atoms with van der Waals surface area (Å²) in [5.41, 5.74) is 0. The van der Waals surface area contributed by atoms with Crippen LogP contribution in [-0.2, 0) is 0 Å². The van der Waals surface area contributed by atoms with Gasteiger partial charge in [0.1, 0.15) is 0 Å². The van der Waals surface area contributed by atoms with Crippen molar-refractivity contribution in [1.29, 1.82) is 0 Å². The Hall–Kier alpha value is -0.0831. The van der Waals surface area contributed by atoms with E-state index >= 15 is 0 Å². The van der Waals surface area contributed by atoms with E-state index in [0.717, 1.165) is 12.8 Å². The summed E-state index contributed by atoms with van der Waals surface area (Å²) in [4.78, 5) is 0. The molecule has 0 heterocycles. The summed E-state index contributed by atoms with van der Waals surface area (Å²) in [6, 6.07) is 0. The van der Waals surface area contributed by atoms with Crippen LogP contribution < -0.4 is 0 Å². The van der Waals surface area contributed by atoms with Crippen LogP contribution in [-0.4, -0.2) is 18.4 Å². The molecule has 2 heteroatoms. The Morgan fingerprint density at radius 2 is 1.85 bits per heavy atom. The summed E-state index contributed by atoms with van der Waals surface area (Å²) in [7, 11) is -1.52. The maximum absolute atomic E-state index is 10.3. The molecule has 78 valence electrons. The molecule has 1 nitrogen and oxygen atoms in total. The first-order chi connectivity index (χ1) is 5.87. The number of hydrogen-bond donors (Lipinski definition) is 1. The van der Waals surface area contributed by atoms with Crippen molar-refractivity contribution < 1.29 is 5.11 Å². The first-order valence-corrected chi connectivity index (χ1v) is 8.73. The van der Waals surface area contributed by atoms with Crippen LogP contribution in [0, 0.1) is 0 Å². The molecule has 1 atom stereocenters. The van der Waals surface area contributed by atoms with Gasteiger partial charge in [-0.15, -0.1) is 6.58 Å². The Morgan fingerprint density at radius 1 is 1.31 bits per heavy atom. The van der Waals surface area contributed by atoms with E-state index in [1.807, 2.05) is 0 Å². The number of unbranched alkanes of at least 4 members (excludes halogenated alkanes) is 2. The van der Waals surface area contributed by atoms with Crippen molar-refractivity contribution in [2.24, 2.45) is 0 Å². The second kappa shape index (κ2) is 4.96. The Kier molecular flexibility index (Phi) is 4.93. The third-order valence-electron chi connectivity index (χ3n) is 2.80. The lowest BCUT2D eigenvalue weighted by Crippen LogP contribution is -2.50. The Morgan fingerprint density at radius 3 is 2.15 bits per heavy atom. The van der Waals surface area contributed by atoms with E-state index in [4.69, 9.17) is 0 Å². The standard InChI is InChI=1S/C11H24OSi/c1-6-8-9-10-11(12,7-2)13(3,4)5/h7,12H,2,6,8-10H2,1,3-5H3. The van der Waals surface area contributed by atoms with Gasteiger partial charge in [-0.05, 0) is 6.42 Å². The molecule has 1 unspecified atom stereocenters. The lowest BCUT2D eigenvalue weighted by atomic mass is 10.1. The van der Waals surface area contributed by atoms with Crippen molar-refractivity contribution in [3.8, 4) is 0 Å². The van der Waals surface area contributed by atoms with Gasteiger partial charge in [0.15, 0.2) is 0 Å². The minimum absolute atomic E-state index is 0.567. The average Bonchev–Trinajstić information content (AvgIpc) is 2.02. The summed E-state index contributed by atoms with van der Waals surface area (Å²) in [6.45, 7) is 12.5. The topological polar surface area (TPSA) is 20.2 Å². The van der Waals surface area contributed by atoms with Gasteiger partial charge in [-0.3, -0.25) is 0 Å². The van der Waals surface area contributed by atoms with Crippen molar-refractivity contribution in [1.82, 2.24) is 0 Å². The quantitative estimate of drug-likeness (QED) is 0.396. The summed E-state index contributed by atoms with van der Waals surface area (Å²) in [6.07, 6.45) is 6.18. The van der Waals surface area contributed by atoms with Crippen molar-refractivity contribution >= 4 is 8.07 Å². The molecule has 0 aromatic carbocycles. The minimum atomic E-state index is -1.52. The normalized spacial score (nSPS) is 16.7. The molecule has 13 heavy (non-hydrogen) atoms. The van der Waals surface area contributed by atoms with Crippen LogP contribution in [0.25, 0.3) is 0 Å². The van der Waals surface area contributed by atoms with Crippen LogP contribution in [0.15, 0.2) is 12.7 Å². The van der Waals surface area contributed by atoms with Gasteiger partial charge in [0.05, 0.1) is 13.3 Å². The molecule has 0 aliphatic carbocycles. The van der Waals surface area contributed by atoms with E-state index in [9.17, 15) is 5.11 Å². The van der Waals surface area contributed by atoms with E-state index in [-0.39, 0.29) is 0 Å². The molecule has 0 fully saturated rings. The largest absolute Gasteiger partial charge is 0.389 e. The zero-order chi connectivity index (χ0) is 10.5. The molecule has 0 aliphatic rings. The Balaban J connectivity index is 4.21. The zero-order valence-electron chi connectivity index (χ0n) is 9.56. The molecule has 0 saturated carbocycles. The van der Waals surface area contributed by atoms with Gasteiger partial charge in [0, 0.05) is 0 Å². The van der Waals surface area contributed by atoms with Gasteiger partial charge in [-0.25, -0.2) is 0 Å². The maximum atomic E-state index is 10.3. The van der Waals surface area contributed by atoms with Crippen LogP contribution in [0.3, 0.4) is 0 Å². The molecule has 0 radical (unpaired) electrons. The zero-order valence-corrected chi connectivity index (χ0v) is 10.6. The molecule has 0 aliphatic heterocycles. The van der Waals surface area contributed by atoms with Crippen molar-refractivity contribution in [2.75, 3.05) is 0 Å². The van der Waals surface area contributed by atoms with Gasteiger partial charge >= 0.3 is 0 Å². The highest BCUT2D eigenvalue weighted by atomic mass is 28.3. The SMILES string of the molecule is C=CC(O)(CCCCC)[Si](C)(C)C. The van der Waals surface area contributed by atoms with Gasteiger partial charge in [0.25, 0.3) is 0 Å². The molecule has 0 bridgehead atoms. The lowest BCUT2D eigenvalue weighted by molar-refractivity contribution is 0.152. The first-order valence-electron chi connectivity index (χ1n) is 5.23. The predicted octanol–water partition coefficient (Wildman–Crippen LogP) is 3.36. The summed E-state index contributed by atoms with van der Waals surface area (Å²) >= 11 is 0. The fraction of sp³-hybridized carbons (Fsp3) is 0.818. The monoisotopic (exact) mass is 200 g/mol. The van der Waals surface area contributed by atoms with Crippen molar-refractivity contribution in [2.45, 2.75) is 57.5 Å². The van der Waals surface area contributed by atoms with Gasteiger partial charge in [0.2, 0.25) is 0 Å². The van der Waals surface area contributed by atoms with Crippen molar-refractivity contribution in [3.63, 3.8) is 0 Å². The predicted molar refractivity (Wildman–Crippen MR) is 62.6 cm³/mol. The van der Waals surface area contributed by atoms with Crippen LogP contribution >= 0.6 is 0 Å². The first kappa shape index (κ1) is 12.9. The van der Waals surface area contributed by atoms with Gasteiger partial charge in [-0.1, -0.05) is 51.9 Å². The molecular weight excluding hydrogens is 176 g/mol. The average molecular weight is 200 g/mol. The number of aliphatic hydroxyl groups is 1. The molecule has 0 rings (SSSR count). The molecule has 1 N–H and O–H groups in total. The van der Waals surface area contributed by atoms with E-state index < -0.39 is 13.3 Å². The molecule has 0 aromatic heterocycles. The number of rotatable bonds is 6. The summed E-state index contributed by atoms with van der Waals surface area (Å²) in [5, 5.41) is 9.76. The van der Waals surface area contributed by atoms with Crippen LogP contribution in [0.4, 0.5) is 0 Å². The molecule has 0 spiro atoms. The third kappa shape index (κ3) is 3.65. The molecule has 0 aromatic rings.